The molecule has 2 rings (SSSR count). The first-order valence-corrected chi connectivity index (χ1v) is 7.63. The van der Waals surface area contributed by atoms with E-state index in [4.69, 9.17) is 9.26 Å². The molecule has 0 aromatic carbocycles. The summed E-state index contributed by atoms with van der Waals surface area (Å²) >= 11 is 0. The Morgan fingerprint density at radius 2 is 2.15 bits per heavy atom. The van der Waals surface area contributed by atoms with Crippen molar-refractivity contribution in [1.82, 2.24) is 15.5 Å². The first-order chi connectivity index (χ1) is 9.49. The zero-order valence-electron chi connectivity index (χ0n) is 13.1. The Morgan fingerprint density at radius 1 is 1.35 bits per heavy atom. The Bertz CT molecular complexity index is 411. The molecule has 0 amide bonds. The summed E-state index contributed by atoms with van der Waals surface area (Å²) in [6.07, 6.45) is 2.96. The Morgan fingerprint density at radius 3 is 2.85 bits per heavy atom. The van der Waals surface area contributed by atoms with E-state index in [1.807, 2.05) is 0 Å². The standard InChI is InChI=1S/C15H27N3O2/c1-5-7-16-12-6-8-19-10-11(12)14-17-13(18-20-14)9-15(2,3)4/h11-12,16H,5-10H2,1-4H3. The molecule has 0 bridgehead atoms. The monoisotopic (exact) mass is 281 g/mol. The van der Waals surface area contributed by atoms with Gasteiger partial charge in [0.05, 0.1) is 12.5 Å². The molecule has 5 nitrogen and oxygen atoms in total. The van der Waals surface area contributed by atoms with Crippen molar-refractivity contribution >= 4 is 0 Å². The van der Waals surface area contributed by atoms with Crippen molar-refractivity contribution in [2.45, 2.75) is 58.9 Å². The van der Waals surface area contributed by atoms with Crippen LogP contribution in [0.1, 0.15) is 58.2 Å². The van der Waals surface area contributed by atoms with Gasteiger partial charge in [-0.3, -0.25) is 0 Å². The van der Waals surface area contributed by atoms with Crippen LogP contribution in [0.25, 0.3) is 0 Å². The summed E-state index contributed by atoms with van der Waals surface area (Å²) in [5, 5.41) is 7.69. The van der Waals surface area contributed by atoms with Crippen LogP contribution in [0.5, 0.6) is 0 Å². The first-order valence-electron chi connectivity index (χ1n) is 7.63. The molecule has 1 aromatic rings. The lowest BCUT2D eigenvalue weighted by Crippen LogP contribution is -2.41. The fourth-order valence-electron chi connectivity index (χ4n) is 2.52. The average Bonchev–Trinajstić information content (AvgIpc) is 2.82. The van der Waals surface area contributed by atoms with Crippen LogP contribution < -0.4 is 5.32 Å². The normalized spacial score (nSPS) is 24.0. The summed E-state index contributed by atoms with van der Waals surface area (Å²) in [5.41, 5.74) is 0.171. The highest BCUT2D eigenvalue weighted by Crippen LogP contribution is 2.26. The lowest BCUT2D eigenvalue weighted by atomic mass is 9.92. The number of ether oxygens (including phenoxy) is 1. The molecule has 1 aliphatic rings. The van der Waals surface area contributed by atoms with Gasteiger partial charge in [0.25, 0.3) is 0 Å². The maximum atomic E-state index is 5.59. The topological polar surface area (TPSA) is 60.2 Å². The Balaban J connectivity index is 2.04. The summed E-state index contributed by atoms with van der Waals surface area (Å²) in [6, 6.07) is 0.381. The summed E-state index contributed by atoms with van der Waals surface area (Å²) in [6.45, 7) is 11.2. The number of hydrogen-bond acceptors (Lipinski definition) is 5. The molecule has 1 N–H and O–H groups in total. The predicted molar refractivity (Wildman–Crippen MR) is 77.7 cm³/mol. The highest BCUT2D eigenvalue weighted by Gasteiger charge is 2.31. The van der Waals surface area contributed by atoms with Crippen LogP contribution in [0.3, 0.4) is 0 Å². The average molecular weight is 281 g/mol. The largest absolute Gasteiger partial charge is 0.381 e. The van der Waals surface area contributed by atoms with Crippen LogP contribution in [0.4, 0.5) is 0 Å². The minimum Gasteiger partial charge on any atom is -0.381 e. The molecule has 20 heavy (non-hydrogen) atoms. The SMILES string of the molecule is CCCNC1CCOCC1c1nc(CC(C)(C)C)no1. The van der Waals surface area contributed by atoms with Crippen molar-refractivity contribution in [1.29, 1.82) is 0 Å². The molecule has 1 saturated heterocycles. The summed E-state index contributed by atoms with van der Waals surface area (Å²) < 4.78 is 11.1. The van der Waals surface area contributed by atoms with Crippen molar-refractivity contribution < 1.29 is 9.26 Å². The van der Waals surface area contributed by atoms with Gasteiger partial charge in [0.2, 0.25) is 5.89 Å². The zero-order valence-corrected chi connectivity index (χ0v) is 13.1. The fourth-order valence-corrected chi connectivity index (χ4v) is 2.52. The van der Waals surface area contributed by atoms with E-state index in [1.165, 1.54) is 0 Å². The van der Waals surface area contributed by atoms with E-state index in [9.17, 15) is 0 Å². The molecule has 1 fully saturated rings. The number of rotatable bonds is 5. The van der Waals surface area contributed by atoms with Gasteiger partial charge in [-0.1, -0.05) is 32.9 Å². The van der Waals surface area contributed by atoms with Gasteiger partial charge in [-0.25, -0.2) is 0 Å². The predicted octanol–water partition coefficient (Wildman–Crippen LogP) is 2.53. The number of nitrogens with zero attached hydrogens (tertiary/aromatic N) is 2. The van der Waals surface area contributed by atoms with Crippen LogP contribution >= 0.6 is 0 Å². The van der Waals surface area contributed by atoms with Crippen LogP contribution in [-0.2, 0) is 11.2 Å². The van der Waals surface area contributed by atoms with Crippen LogP contribution in [0.15, 0.2) is 4.52 Å². The highest BCUT2D eigenvalue weighted by atomic mass is 16.5. The number of nitrogens with one attached hydrogen (secondary N) is 1. The van der Waals surface area contributed by atoms with Crippen LogP contribution in [0.2, 0.25) is 0 Å². The summed E-state index contributed by atoms with van der Waals surface area (Å²) in [5.74, 6) is 1.70. The van der Waals surface area contributed by atoms with Gasteiger partial charge in [-0.15, -0.1) is 0 Å². The quantitative estimate of drug-likeness (QED) is 0.898. The third-order valence-electron chi connectivity index (χ3n) is 3.50. The molecule has 2 heterocycles. The third-order valence-corrected chi connectivity index (χ3v) is 3.50. The van der Waals surface area contributed by atoms with Gasteiger partial charge in [0.15, 0.2) is 5.82 Å². The lowest BCUT2D eigenvalue weighted by Gasteiger charge is -2.29. The van der Waals surface area contributed by atoms with Crippen molar-refractivity contribution in [2.24, 2.45) is 5.41 Å². The Kier molecular flexibility index (Phi) is 5.16. The third kappa shape index (κ3) is 4.28. The minimum absolute atomic E-state index is 0.171. The van der Waals surface area contributed by atoms with Crippen molar-refractivity contribution in [3.8, 4) is 0 Å². The van der Waals surface area contributed by atoms with E-state index in [2.05, 4.69) is 43.2 Å². The fraction of sp³-hybridized carbons (Fsp3) is 0.867. The molecular weight excluding hydrogens is 254 g/mol. The molecule has 2 unspecified atom stereocenters. The van der Waals surface area contributed by atoms with E-state index < -0.39 is 0 Å². The number of aromatic nitrogens is 2. The smallest absolute Gasteiger partial charge is 0.233 e. The van der Waals surface area contributed by atoms with Gasteiger partial charge in [0.1, 0.15) is 0 Å². The van der Waals surface area contributed by atoms with E-state index >= 15 is 0 Å². The Labute approximate surface area is 121 Å². The summed E-state index contributed by atoms with van der Waals surface area (Å²) in [7, 11) is 0. The second-order valence-corrected chi connectivity index (χ2v) is 6.82. The molecule has 0 spiro atoms. The number of hydrogen-bond donors (Lipinski definition) is 1. The van der Waals surface area contributed by atoms with Crippen molar-refractivity contribution in [3.05, 3.63) is 11.7 Å². The molecule has 0 saturated carbocycles. The van der Waals surface area contributed by atoms with Crippen LogP contribution in [-0.4, -0.2) is 35.9 Å². The van der Waals surface area contributed by atoms with E-state index in [0.29, 0.717) is 12.6 Å². The van der Waals surface area contributed by atoms with Gasteiger partial charge >= 0.3 is 0 Å². The van der Waals surface area contributed by atoms with Crippen molar-refractivity contribution in [3.63, 3.8) is 0 Å². The van der Waals surface area contributed by atoms with Gasteiger partial charge in [-0.05, 0) is 24.8 Å². The lowest BCUT2D eigenvalue weighted by molar-refractivity contribution is 0.0498. The maximum absolute atomic E-state index is 5.59. The first kappa shape index (κ1) is 15.4. The van der Waals surface area contributed by atoms with E-state index in [-0.39, 0.29) is 11.3 Å². The molecule has 2 atom stereocenters. The molecule has 0 aliphatic carbocycles. The van der Waals surface area contributed by atoms with E-state index in [0.717, 1.165) is 44.1 Å². The van der Waals surface area contributed by atoms with Gasteiger partial charge in [0, 0.05) is 19.1 Å². The minimum atomic E-state index is 0.171. The zero-order chi connectivity index (χ0) is 14.6. The van der Waals surface area contributed by atoms with Gasteiger partial charge in [-0.2, -0.15) is 4.98 Å². The molecule has 5 heteroatoms. The molecular formula is C15H27N3O2. The van der Waals surface area contributed by atoms with Gasteiger partial charge < -0.3 is 14.6 Å². The molecule has 0 radical (unpaired) electrons. The molecule has 1 aromatic heterocycles. The Hall–Kier alpha value is -0.940. The molecule has 1 aliphatic heterocycles. The van der Waals surface area contributed by atoms with Crippen LogP contribution in [0, 0.1) is 5.41 Å². The highest BCUT2D eigenvalue weighted by molar-refractivity contribution is 5.02. The summed E-state index contributed by atoms with van der Waals surface area (Å²) in [4.78, 5) is 4.58. The molecule has 114 valence electrons. The second-order valence-electron chi connectivity index (χ2n) is 6.82. The maximum Gasteiger partial charge on any atom is 0.233 e. The second kappa shape index (κ2) is 6.68. The van der Waals surface area contributed by atoms with E-state index in [1.54, 1.807) is 0 Å². The van der Waals surface area contributed by atoms with Crippen molar-refractivity contribution in [2.75, 3.05) is 19.8 Å².